The summed E-state index contributed by atoms with van der Waals surface area (Å²) in [4.78, 5) is 41.4. The third-order valence-electron chi connectivity index (χ3n) is 17.1. The average molecular weight is 1220 g/mol. The minimum Gasteiger partial charge on any atom is -0.478 e. The molecule has 22 heteroatoms. The van der Waals surface area contributed by atoms with Crippen molar-refractivity contribution in [3.05, 3.63) is 225 Å². The van der Waals surface area contributed by atoms with Crippen molar-refractivity contribution in [2.45, 2.75) is 76.0 Å². The summed E-state index contributed by atoms with van der Waals surface area (Å²) in [6.07, 6.45) is 3.95. The van der Waals surface area contributed by atoms with Gasteiger partial charge in [-0.15, -0.1) is 0 Å². The van der Waals surface area contributed by atoms with E-state index in [1.54, 1.807) is 36.4 Å². The van der Waals surface area contributed by atoms with E-state index >= 15 is 17.6 Å². The molecule has 0 amide bonds. The molecule has 90 heavy (non-hydrogen) atoms. The van der Waals surface area contributed by atoms with Crippen molar-refractivity contribution < 1.29 is 65.1 Å². The van der Waals surface area contributed by atoms with Crippen molar-refractivity contribution >= 4 is 34.0 Å². The zero-order chi connectivity index (χ0) is 62.5. The number of rotatable bonds is 16. The minimum absolute atomic E-state index is 0.0283. The van der Waals surface area contributed by atoms with Gasteiger partial charge in [0.1, 0.15) is 59.8 Å². The SMILES string of the molecule is N#Cc1ccc(COc2cccc(-c3cc(F)c(Cc4nc5ccc(C(=O)O)cc5n4C4COC5CC4C5)cc3F)n2)c(F)c1.N#Cc1ccc(COc2cccc(-c3cc(F)c(Cc4nc5ccc(C(=O)O)cc5n4C4COC5CC4C5)cc3F)n2)c(F)c1. The molecule has 8 heterocycles. The molecule has 2 N–H and O–H groups in total. The van der Waals surface area contributed by atoms with Crippen molar-refractivity contribution in [3.63, 3.8) is 0 Å². The molecule has 0 radical (unpaired) electrons. The number of carboxylic acid groups (broad SMARTS) is 2. The molecule has 2 aliphatic carbocycles. The van der Waals surface area contributed by atoms with Gasteiger partial charge in [-0.2, -0.15) is 10.5 Å². The number of nitrogens with zero attached hydrogens (tertiary/aromatic N) is 8. The van der Waals surface area contributed by atoms with E-state index in [9.17, 15) is 28.6 Å². The Bertz CT molecular complexity index is 4310. The fourth-order valence-corrected chi connectivity index (χ4v) is 12.2. The number of halogens is 6. The van der Waals surface area contributed by atoms with Gasteiger partial charge >= 0.3 is 11.9 Å². The van der Waals surface area contributed by atoms with Crippen LogP contribution in [0.5, 0.6) is 11.8 Å². The van der Waals surface area contributed by atoms with Crippen LogP contribution in [0.25, 0.3) is 44.6 Å². The third-order valence-corrected chi connectivity index (χ3v) is 17.1. The lowest BCUT2D eigenvalue weighted by atomic mass is 9.74. The first-order chi connectivity index (χ1) is 43.5. The zero-order valence-electron chi connectivity index (χ0n) is 47.4. The molecule has 2 atom stereocenters. The number of benzene rings is 6. The molecule has 16 rings (SSSR count). The third kappa shape index (κ3) is 11.7. The van der Waals surface area contributed by atoms with Crippen LogP contribution in [0, 0.1) is 69.4 Å². The highest BCUT2D eigenvalue weighted by Gasteiger charge is 2.44. The van der Waals surface area contributed by atoms with Crippen molar-refractivity contribution in [2.75, 3.05) is 13.2 Å². The first-order valence-electron chi connectivity index (χ1n) is 28.8. The molecule has 452 valence electrons. The van der Waals surface area contributed by atoms with E-state index in [4.69, 9.17) is 39.4 Å². The Kier molecular flexibility index (Phi) is 15.8. The second-order valence-corrected chi connectivity index (χ2v) is 22.7. The number of hydrogen-bond acceptors (Lipinski definition) is 12. The van der Waals surface area contributed by atoms with Gasteiger partial charge in [0, 0.05) is 47.2 Å². The normalized spacial score (nSPS) is 18.8. The van der Waals surface area contributed by atoms with E-state index in [0.29, 0.717) is 58.8 Å². The Morgan fingerprint density at radius 3 is 1.28 bits per heavy atom. The predicted octanol–water partition coefficient (Wildman–Crippen LogP) is 13.2. The van der Waals surface area contributed by atoms with E-state index in [-0.39, 0.29) is 129 Å². The molecule has 0 spiro atoms. The lowest BCUT2D eigenvalue weighted by Gasteiger charge is -2.47. The number of imidazole rings is 2. The molecule has 4 bridgehead atoms. The van der Waals surface area contributed by atoms with Gasteiger partial charge in [-0.3, -0.25) is 0 Å². The molecule has 6 aromatic carbocycles. The van der Waals surface area contributed by atoms with E-state index in [2.05, 4.69) is 9.97 Å². The molecule has 16 nitrogen and oxygen atoms in total. The Labute approximate surface area is 508 Å². The highest BCUT2D eigenvalue weighted by molar-refractivity contribution is 5.93. The summed E-state index contributed by atoms with van der Waals surface area (Å²) in [6.45, 7) is 0.518. The van der Waals surface area contributed by atoms with Crippen LogP contribution < -0.4 is 9.47 Å². The molecule has 4 aromatic heterocycles. The largest absolute Gasteiger partial charge is 0.478 e. The molecule has 2 saturated carbocycles. The maximum atomic E-state index is 15.6. The maximum absolute atomic E-state index is 15.6. The molecule has 4 aliphatic heterocycles. The van der Waals surface area contributed by atoms with Gasteiger partial charge in [0.25, 0.3) is 0 Å². The highest BCUT2D eigenvalue weighted by Crippen LogP contribution is 2.47. The smallest absolute Gasteiger partial charge is 0.335 e. The average Bonchev–Trinajstić information content (AvgIpc) is 1.57. The van der Waals surface area contributed by atoms with E-state index in [1.807, 2.05) is 21.3 Å². The van der Waals surface area contributed by atoms with Crippen LogP contribution >= 0.6 is 0 Å². The molecule has 6 fully saturated rings. The lowest BCUT2D eigenvalue weighted by molar-refractivity contribution is -0.121. The summed E-state index contributed by atoms with van der Waals surface area (Å²) in [7, 11) is 0. The van der Waals surface area contributed by atoms with Crippen molar-refractivity contribution in [2.24, 2.45) is 11.8 Å². The summed E-state index contributed by atoms with van der Waals surface area (Å²) in [5, 5.41) is 37.0. The number of aromatic carboxylic acids is 2. The van der Waals surface area contributed by atoms with Gasteiger partial charge in [0.05, 0.1) is 105 Å². The number of hydrogen-bond donors (Lipinski definition) is 2. The predicted molar refractivity (Wildman–Crippen MR) is 312 cm³/mol. The maximum Gasteiger partial charge on any atom is 0.335 e. The number of nitriles is 2. The Morgan fingerprint density at radius 2 is 0.911 bits per heavy atom. The number of fused-ring (bicyclic) bond motifs is 6. The first-order valence-corrected chi connectivity index (χ1v) is 28.8. The summed E-state index contributed by atoms with van der Waals surface area (Å²) < 4.78 is 118. The number of carboxylic acids is 2. The van der Waals surface area contributed by atoms with Crippen LogP contribution in [0.3, 0.4) is 0 Å². The summed E-state index contributed by atoms with van der Waals surface area (Å²) in [5.74, 6) is -4.26. The fraction of sp³-hybridized carbons (Fsp3) is 0.235. The minimum atomic E-state index is -1.07. The standard InChI is InChI=1S/2C34H25F3N4O4/c2*35-25-8-18(15-38)4-5-20(25)16-45-33-3-1-2-28(40-33)24-14-26(36)21(11-27(24)37)13-32-39-29-7-6-19(34(42)43)12-30(29)41(32)31-17-44-23-9-22(31)10-23/h2*1-8,11-12,14,22-23,31H,9-10,13,16-17H2,(H,42,43). The van der Waals surface area contributed by atoms with Gasteiger partial charge in [-0.05, 0) is 146 Å². The van der Waals surface area contributed by atoms with Crippen LogP contribution in [0.15, 0.2) is 133 Å². The number of aromatic nitrogens is 6. The van der Waals surface area contributed by atoms with Crippen LogP contribution in [0.2, 0.25) is 0 Å². The second kappa shape index (κ2) is 24.3. The van der Waals surface area contributed by atoms with Gasteiger partial charge in [0.2, 0.25) is 11.8 Å². The fourth-order valence-electron chi connectivity index (χ4n) is 12.2. The molecule has 10 aromatic rings. The molecule has 6 aliphatic rings. The monoisotopic (exact) mass is 1220 g/mol. The number of ether oxygens (including phenoxy) is 4. The Balaban J connectivity index is 0.000000165. The van der Waals surface area contributed by atoms with Crippen molar-refractivity contribution in [1.29, 1.82) is 10.5 Å². The Morgan fingerprint density at radius 1 is 0.500 bits per heavy atom. The first kappa shape index (κ1) is 58.6. The lowest BCUT2D eigenvalue weighted by Crippen LogP contribution is -2.46. The molecular formula is C68H50F6N8O8. The summed E-state index contributed by atoms with van der Waals surface area (Å²) in [5.41, 5.74) is 3.64. The van der Waals surface area contributed by atoms with Crippen LogP contribution in [0.4, 0.5) is 26.3 Å². The van der Waals surface area contributed by atoms with Gasteiger partial charge < -0.3 is 38.3 Å². The number of pyridine rings is 2. The van der Waals surface area contributed by atoms with Crippen LogP contribution in [-0.2, 0) is 35.5 Å². The highest BCUT2D eigenvalue weighted by atomic mass is 19.1. The molecular weight excluding hydrogens is 1170 g/mol. The topological polar surface area (TPSA) is 221 Å². The molecule has 4 saturated heterocycles. The van der Waals surface area contributed by atoms with E-state index in [1.165, 1.54) is 60.7 Å². The second-order valence-electron chi connectivity index (χ2n) is 22.7. The quantitative estimate of drug-likeness (QED) is 0.0860. The Hall–Kier alpha value is -10.4. The molecule has 2 unspecified atom stereocenters. The summed E-state index contributed by atoms with van der Waals surface area (Å²) in [6, 6.07) is 34.5. The van der Waals surface area contributed by atoms with Crippen molar-refractivity contribution in [3.8, 4) is 46.4 Å². The van der Waals surface area contributed by atoms with Crippen LogP contribution in [-0.4, -0.2) is 76.6 Å². The van der Waals surface area contributed by atoms with Crippen LogP contribution in [0.1, 0.15) is 104 Å². The van der Waals surface area contributed by atoms with E-state index in [0.717, 1.165) is 62.1 Å². The zero-order valence-corrected chi connectivity index (χ0v) is 47.4. The van der Waals surface area contributed by atoms with Gasteiger partial charge in [-0.1, -0.05) is 24.3 Å². The van der Waals surface area contributed by atoms with Gasteiger partial charge in [0.15, 0.2) is 0 Å². The summed E-state index contributed by atoms with van der Waals surface area (Å²) >= 11 is 0. The number of carbonyl (C=O) groups is 2. The van der Waals surface area contributed by atoms with E-state index < -0.39 is 46.8 Å². The van der Waals surface area contributed by atoms with Crippen molar-refractivity contribution in [1.82, 2.24) is 29.1 Å². The van der Waals surface area contributed by atoms with Gasteiger partial charge in [-0.25, -0.2) is 55.9 Å².